The quantitative estimate of drug-likeness (QED) is 0.659. The van der Waals surface area contributed by atoms with Crippen LogP contribution in [0.3, 0.4) is 0 Å². The summed E-state index contributed by atoms with van der Waals surface area (Å²) in [4.78, 5) is 11.1. The van der Waals surface area contributed by atoms with Crippen LogP contribution in [-0.4, -0.2) is 59.0 Å². The summed E-state index contributed by atoms with van der Waals surface area (Å²) in [5, 5.41) is 8.10. The maximum absolute atomic E-state index is 11.5. The Kier molecular flexibility index (Phi) is 5.44. The van der Waals surface area contributed by atoms with Gasteiger partial charge in [-0.15, -0.1) is 0 Å². The van der Waals surface area contributed by atoms with Gasteiger partial charge in [-0.2, -0.15) is 4.99 Å². The lowest BCUT2D eigenvalue weighted by atomic mass is 10.2. The highest BCUT2D eigenvalue weighted by molar-refractivity contribution is 7.92. The van der Waals surface area contributed by atoms with Gasteiger partial charge >= 0.3 is 0 Å². The first-order valence-electron chi connectivity index (χ1n) is 10.5. The first-order valence-corrected chi connectivity index (χ1v) is 12.4. The predicted molar refractivity (Wildman–Crippen MR) is 132 cm³/mol. The summed E-state index contributed by atoms with van der Waals surface area (Å²) in [7, 11) is -3.35. The molecule has 1 saturated heterocycles. The number of sulfonamides is 1. The van der Waals surface area contributed by atoms with E-state index in [4.69, 9.17) is 9.84 Å². The molecule has 2 aromatic carbocycles. The van der Waals surface area contributed by atoms with Gasteiger partial charge in [-0.1, -0.05) is 4.59 Å². The Bertz CT molecular complexity index is 1260. The van der Waals surface area contributed by atoms with Crippen LogP contribution in [0.4, 0.5) is 22.7 Å². The number of nitrogens with zero attached hydrogens (tertiary/aromatic N) is 5. The van der Waals surface area contributed by atoms with E-state index in [9.17, 15) is 8.42 Å². The molecule has 33 heavy (non-hydrogen) atoms. The molecule has 11 heteroatoms. The van der Waals surface area contributed by atoms with E-state index >= 15 is 0 Å². The molecule has 2 aromatic rings. The highest BCUT2D eigenvalue weighted by atomic mass is 32.2. The lowest BCUT2D eigenvalue weighted by Crippen LogP contribution is -2.44. The fraction of sp³-hybridized carbons (Fsp3) is 0.227. The average molecular weight is 467 g/mol. The summed E-state index contributed by atoms with van der Waals surface area (Å²) in [5.74, 6) is 1.09. The van der Waals surface area contributed by atoms with Crippen LogP contribution in [0, 0.1) is 0 Å². The summed E-state index contributed by atoms with van der Waals surface area (Å²) >= 11 is 0. The van der Waals surface area contributed by atoms with Crippen molar-refractivity contribution in [2.24, 2.45) is 15.1 Å². The predicted octanol–water partition coefficient (Wildman–Crippen LogP) is 2.55. The Morgan fingerprint density at radius 3 is 2.39 bits per heavy atom. The van der Waals surface area contributed by atoms with Gasteiger partial charge in [0.05, 0.1) is 25.7 Å². The molecule has 0 amide bonds. The molecule has 3 aliphatic heterocycles. The van der Waals surface area contributed by atoms with E-state index in [-0.39, 0.29) is 4.59 Å². The van der Waals surface area contributed by atoms with Crippen LogP contribution < -0.4 is 19.5 Å². The molecular weight excluding hydrogens is 442 g/mol. The van der Waals surface area contributed by atoms with E-state index < -0.39 is 10.0 Å². The van der Waals surface area contributed by atoms with Crippen molar-refractivity contribution in [1.29, 1.82) is 0 Å². The molecule has 0 aliphatic carbocycles. The lowest BCUT2D eigenvalue weighted by Gasteiger charge is -2.28. The minimum atomic E-state index is -3.35. The number of amidine groups is 1. The number of morpholine rings is 1. The van der Waals surface area contributed by atoms with Crippen LogP contribution in [0.1, 0.15) is 0 Å². The minimum Gasteiger partial charge on any atom is -0.378 e. The van der Waals surface area contributed by atoms with E-state index in [1.807, 2.05) is 30.5 Å². The summed E-state index contributed by atoms with van der Waals surface area (Å²) in [6.45, 7) is 3.26. The summed E-state index contributed by atoms with van der Waals surface area (Å²) < 4.78 is 30.9. The topological polar surface area (TPSA) is 108 Å². The fourth-order valence-corrected chi connectivity index (χ4v) is 4.45. The first kappa shape index (κ1) is 21.3. The van der Waals surface area contributed by atoms with E-state index in [1.54, 1.807) is 24.5 Å². The van der Waals surface area contributed by atoms with Gasteiger partial charge < -0.3 is 15.0 Å². The average Bonchev–Trinajstić information content (AvgIpc) is 3.18. The smallest absolute Gasteiger partial charge is 0.287 e. The summed E-state index contributed by atoms with van der Waals surface area (Å²) in [6.07, 6.45) is 6.29. The number of anilines is 3. The summed E-state index contributed by atoms with van der Waals surface area (Å²) in [6, 6.07) is 15.2. The molecule has 1 atom stereocenters. The second kappa shape index (κ2) is 8.43. The Labute approximate surface area is 192 Å². The SMILES string of the molecule is CS(=O)(=O)Nc1ccc([N+]23C=CN=CC2=NC(Nc2ccc(N4CCOCC4)cc2)=N3)cc1. The van der Waals surface area contributed by atoms with Crippen LogP contribution in [0.5, 0.6) is 0 Å². The Morgan fingerprint density at radius 2 is 1.70 bits per heavy atom. The standard InChI is InChI=1S/C22H24N7O3S/c1-33(30,31)27-18-4-8-20(9-5-18)29-13-10-23-16-21(29)25-22(26-29)24-17-2-6-19(7-3-17)28-11-14-32-15-12-28/h2-10,13,16,27H,11-12,14-15H2,1H3,(H,24,26)/q+1. The Morgan fingerprint density at radius 1 is 1.00 bits per heavy atom. The molecular formula is C22H24N7O3S+. The number of benzene rings is 2. The van der Waals surface area contributed by atoms with Gasteiger partial charge in [0, 0.05) is 42.3 Å². The number of fused-ring (bicyclic) bond motifs is 1. The molecule has 2 N–H and O–H groups in total. The molecule has 0 saturated carbocycles. The highest BCUT2D eigenvalue weighted by Crippen LogP contribution is 2.32. The Hall–Kier alpha value is -3.54. The molecule has 1 unspecified atom stereocenters. The van der Waals surface area contributed by atoms with Gasteiger partial charge in [-0.3, -0.25) is 9.71 Å². The minimum absolute atomic E-state index is 0.0108. The largest absolute Gasteiger partial charge is 0.378 e. The van der Waals surface area contributed by atoms with Gasteiger partial charge in [0.15, 0.2) is 11.9 Å². The van der Waals surface area contributed by atoms with Gasteiger partial charge in [0.1, 0.15) is 6.21 Å². The number of hydrogen-bond donors (Lipinski definition) is 2. The highest BCUT2D eigenvalue weighted by Gasteiger charge is 2.42. The van der Waals surface area contributed by atoms with Gasteiger partial charge in [-0.05, 0) is 41.5 Å². The number of nitrogens with one attached hydrogen (secondary N) is 2. The second-order valence-electron chi connectivity index (χ2n) is 7.85. The zero-order chi connectivity index (χ0) is 22.9. The van der Waals surface area contributed by atoms with Crippen LogP contribution in [0.2, 0.25) is 0 Å². The molecule has 0 aromatic heterocycles. The van der Waals surface area contributed by atoms with Crippen molar-refractivity contribution in [2.75, 3.05) is 47.5 Å². The molecule has 3 heterocycles. The van der Waals surface area contributed by atoms with Crippen molar-refractivity contribution >= 4 is 50.8 Å². The Balaban J connectivity index is 1.37. The first-order chi connectivity index (χ1) is 15.9. The van der Waals surface area contributed by atoms with Crippen molar-refractivity contribution in [3.05, 3.63) is 60.9 Å². The molecule has 0 spiro atoms. The molecule has 10 nitrogen and oxygen atoms in total. The maximum atomic E-state index is 11.5. The molecule has 3 aliphatic rings. The van der Waals surface area contributed by atoms with Crippen LogP contribution in [0.15, 0.2) is 76.0 Å². The molecule has 5 rings (SSSR count). The third-order valence-electron chi connectivity index (χ3n) is 5.44. The third-order valence-corrected chi connectivity index (χ3v) is 6.05. The lowest BCUT2D eigenvalue weighted by molar-refractivity contribution is 0.122. The van der Waals surface area contributed by atoms with E-state index in [0.29, 0.717) is 17.5 Å². The van der Waals surface area contributed by atoms with Gasteiger partial charge in [0.25, 0.3) is 11.8 Å². The van der Waals surface area contributed by atoms with Gasteiger partial charge in [-0.25, -0.2) is 8.42 Å². The van der Waals surface area contributed by atoms with Crippen molar-refractivity contribution in [2.45, 2.75) is 0 Å². The maximum Gasteiger partial charge on any atom is 0.287 e. The van der Waals surface area contributed by atoms with Crippen LogP contribution in [0.25, 0.3) is 0 Å². The molecule has 170 valence electrons. The molecule has 0 radical (unpaired) electrons. The van der Waals surface area contributed by atoms with Gasteiger partial charge in [0.2, 0.25) is 10.0 Å². The molecule has 0 bridgehead atoms. The fourth-order valence-electron chi connectivity index (χ4n) is 3.89. The van der Waals surface area contributed by atoms with E-state index in [0.717, 1.165) is 49.6 Å². The third kappa shape index (κ3) is 4.51. The van der Waals surface area contributed by atoms with Crippen molar-refractivity contribution in [3.8, 4) is 0 Å². The van der Waals surface area contributed by atoms with E-state index in [2.05, 4.69) is 37.1 Å². The molecule has 1 fully saturated rings. The number of guanidine groups is 1. The number of quaternary nitrogens is 1. The van der Waals surface area contributed by atoms with Crippen molar-refractivity contribution < 1.29 is 13.2 Å². The van der Waals surface area contributed by atoms with Crippen molar-refractivity contribution in [3.63, 3.8) is 0 Å². The van der Waals surface area contributed by atoms with Crippen molar-refractivity contribution in [1.82, 2.24) is 4.59 Å². The number of aliphatic imine (C=N–C) groups is 2. The zero-order valence-electron chi connectivity index (χ0n) is 18.0. The summed E-state index contributed by atoms with van der Waals surface area (Å²) in [5.41, 5.74) is 3.31. The van der Waals surface area contributed by atoms with Crippen LogP contribution >= 0.6 is 0 Å². The van der Waals surface area contributed by atoms with Crippen LogP contribution in [-0.2, 0) is 14.8 Å². The number of ether oxygens (including phenoxy) is 1. The monoisotopic (exact) mass is 466 g/mol. The van der Waals surface area contributed by atoms with E-state index in [1.165, 1.54) is 0 Å². The number of hydrogen-bond acceptors (Lipinski definition) is 8. The number of rotatable bonds is 5. The zero-order valence-corrected chi connectivity index (χ0v) is 18.9. The second-order valence-corrected chi connectivity index (χ2v) is 9.60. The normalized spacial score (nSPS) is 21.9.